The van der Waals surface area contributed by atoms with Crippen molar-refractivity contribution < 1.29 is 19.0 Å². The highest BCUT2D eigenvalue weighted by molar-refractivity contribution is 14.1. The Morgan fingerprint density at radius 3 is 2.38 bits per heavy atom. The van der Waals surface area contributed by atoms with E-state index < -0.39 is 5.97 Å². The van der Waals surface area contributed by atoms with Crippen LogP contribution in [0.5, 0.6) is 11.5 Å². The summed E-state index contributed by atoms with van der Waals surface area (Å²) in [4.78, 5) is 12.4. The van der Waals surface area contributed by atoms with Crippen molar-refractivity contribution in [3.8, 4) is 22.6 Å². The summed E-state index contributed by atoms with van der Waals surface area (Å²) in [7, 11) is 2.97. The number of aryl methyl sites for hydroxylation is 1. The Bertz CT molecular complexity index is 1090. The number of thioether (sulfide) groups is 1. The Morgan fingerprint density at radius 2 is 1.72 bits per heavy atom. The number of halogens is 2. The summed E-state index contributed by atoms with van der Waals surface area (Å²) in [5.41, 5.74) is 5.63. The van der Waals surface area contributed by atoms with Crippen LogP contribution < -0.4 is 9.47 Å². The molecule has 0 aliphatic rings. The number of carbonyl (C=O) groups excluding carboxylic acids is 1. The number of esters is 1. The highest BCUT2D eigenvalue weighted by Gasteiger charge is 2.12. The van der Waals surface area contributed by atoms with E-state index in [1.807, 2.05) is 25.1 Å². The monoisotopic (exact) mass is 582 g/mol. The minimum Gasteiger partial charge on any atom is -0.495 e. The number of hydrogen-bond donors (Lipinski definition) is 0. The second-order valence-corrected chi connectivity index (χ2v) is 9.25. The molecule has 32 heavy (non-hydrogen) atoms. The van der Waals surface area contributed by atoms with Crippen molar-refractivity contribution in [2.45, 2.75) is 22.0 Å². The molecule has 4 nitrogen and oxygen atoms in total. The molecule has 0 aromatic heterocycles. The smallest absolute Gasteiger partial charge is 0.343 e. The second kappa shape index (κ2) is 11.8. The standard InChI is InChI=1S/C25H24ClIO4S/c1-16-10-24(23(29-2)12-22(16)31-14-25(28)30-3)32-15-17-4-6-18(7-5-17)19-8-9-21(26)20(11-19)13-27/h4-12H,13-15H2,1-3H3. The fourth-order valence-electron chi connectivity index (χ4n) is 3.08. The van der Waals surface area contributed by atoms with Crippen molar-refractivity contribution >= 4 is 51.9 Å². The van der Waals surface area contributed by atoms with E-state index in [1.165, 1.54) is 23.8 Å². The molecule has 0 bridgehead atoms. The van der Waals surface area contributed by atoms with Gasteiger partial charge in [0.2, 0.25) is 0 Å². The molecule has 0 N–H and O–H groups in total. The van der Waals surface area contributed by atoms with Gasteiger partial charge in [-0.05, 0) is 52.9 Å². The van der Waals surface area contributed by atoms with Gasteiger partial charge in [0.1, 0.15) is 11.5 Å². The lowest BCUT2D eigenvalue weighted by Crippen LogP contribution is -2.13. The molecule has 0 atom stereocenters. The van der Waals surface area contributed by atoms with Crippen LogP contribution in [0.4, 0.5) is 0 Å². The maximum atomic E-state index is 11.3. The maximum absolute atomic E-state index is 11.3. The van der Waals surface area contributed by atoms with Gasteiger partial charge < -0.3 is 14.2 Å². The van der Waals surface area contributed by atoms with E-state index in [0.717, 1.165) is 31.2 Å². The number of benzene rings is 3. The zero-order valence-corrected chi connectivity index (χ0v) is 21.8. The summed E-state index contributed by atoms with van der Waals surface area (Å²) >= 11 is 10.3. The molecule has 7 heteroatoms. The quantitative estimate of drug-likeness (QED) is 0.117. The summed E-state index contributed by atoms with van der Waals surface area (Å²) in [5, 5.41) is 0.808. The van der Waals surface area contributed by atoms with Gasteiger partial charge in [-0.25, -0.2) is 4.79 Å². The number of hydrogen-bond acceptors (Lipinski definition) is 5. The van der Waals surface area contributed by atoms with E-state index in [-0.39, 0.29) is 6.61 Å². The van der Waals surface area contributed by atoms with Gasteiger partial charge in [0, 0.05) is 21.3 Å². The largest absolute Gasteiger partial charge is 0.495 e. The van der Waals surface area contributed by atoms with Gasteiger partial charge in [-0.3, -0.25) is 0 Å². The van der Waals surface area contributed by atoms with Crippen molar-refractivity contribution in [2.24, 2.45) is 0 Å². The number of carbonyl (C=O) groups is 1. The number of ether oxygens (including phenoxy) is 3. The number of rotatable bonds is 9. The molecule has 168 valence electrons. The molecule has 0 fully saturated rings. The predicted octanol–water partition coefficient (Wildman–Crippen LogP) is 7.10. The summed E-state index contributed by atoms with van der Waals surface area (Å²) < 4.78 is 16.6. The van der Waals surface area contributed by atoms with Crippen LogP contribution in [0.2, 0.25) is 5.02 Å². The topological polar surface area (TPSA) is 44.8 Å². The molecule has 0 saturated carbocycles. The van der Waals surface area contributed by atoms with Gasteiger partial charge in [-0.1, -0.05) is 64.5 Å². The third-order valence-corrected chi connectivity index (χ3v) is 7.20. The van der Waals surface area contributed by atoms with Gasteiger partial charge in [0.05, 0.1) is 19.1 Å². The molecule has 3 aromatic rings. The van der Waals surface area contributed by atoms with E-state index in [9.17, 15) is 4.79 Å². The highest BCUT2D eigenvalue weighted by atomic mass is 127. The van der Waals surface area contributed by atoms with Crippen molar-refractivity contribution in [3.63, 3.8) is 0 Å². The normalized spacial score (nSPS) is 10.7. The highest BCUT2D eigenvalue weighted by Crippen LogP contribution is 2.37. The van der Waals surface area contributed by atoms with Crippen molar-refractivity contribution in [3.05, 3.63) is 76.3 Å². The fraction of sp³-hybridized carbons (Fsp3) is 0.240. The molecular formula is C25H24ClIO4S. The van der Waals surface area contributed by atoms with Crippen LogP contribution in [0.25, 0.3) is 11.1 Å². The zero-order valence-electron chi connectivity index (χ0n) is 18.1. The zero-order chi connectivity index (χ0) is 23.1. The van der Waals surface area contributed by atoms with Crippen LogP contribution in [0, 0.1) is 6.92 Å². The third-order valence-electron chi connectivity index (χ3n) is 4.91. The summed E-state index contributed by atoms with van der Waals surface area (Å²) in [5.74, 6) is 1.70. The first-order valence-electron chi connectivity index (χ1n) is 9.90. The first kappa shape index (κ1) is 24.7. The molecular weight excluding hydrogens is 559 g/mol. The van der Waals surface area contributed by atoms with E-state index in [1.54, 1.807) is 18.9 Å². The van der Waals surface area contributed by atoms with Crippen LogP contribution in [-0.2, 0) is 19.7 Å². The molecule has 0 spiro atoms. The van der Waals surface area contributed by atoms with Crippen molar-refractivity contribution in [1.82, 2.24) is 0 Å². The Morgan fingerprint density at radius 1 is 1.00 bits per heavy atom. The van der Waals surface area contributed by atoms with E-state index in [2.05, 4.69) is 63.7 Å². The summed E-state index contributed by atoms with van der Waals surface area (Å²) in [6.45, 7) is 1.81. The van der Waals surface area contributed by atoms with Crippen LogP contribution >= 0.6 is 46.0 Å². The van der Waals surface area contributed by atoms with Crippen LogP contribution in [0.15, 0.2) is 59.5 Å². The van der Waals surface area contributed by atoms with Crippen LogP contribution in [-0.4, -0.2) is 26.8 Å². The number of alkyl halides is 1. The van der Waals surface area contributed by atoms with Gasteiger partial charge in [-0.15, -0.1) is 11.8 Å². The van der Waals surface area contributed by atoms with Crippen LogP contribution in [0.3, 0.4) is 0 Å². The molecule has 0 saturated heterocycles. The lowest BCUT2D eigenvalue weighted by atomic mass is 10.0. The lowest BCUT2D eigenvalue weighted by Gasteiger charge is -2.14. The Labute approximate surface area is 211 Å². The summed E-state index contributed by atoms with van der Waals surface area (Å²) in [6, 6.07) is 18.6. The Kier molecular flexibility index (Phi) is 9.13. The molecule has 0 radical (unpaired) electrons. The average molecular weight is 583 g/mol. The maximum Gasteiger partial charge on any atom is 0.343 e. The molecule has 3 rings (SSSR count). The molecule has 0 aliphatic carbocycles. The van der Waals surface area contributed by atoms with Gasteiger partial charge >= 0.3 is 5.97 Å². The molecule has 0 aliphatic heterocycles. The fourth-order valence-corrected chi connectivity index (χ4v) is 5.18. The first-order valence-corrected chi connectivity index (χ1v) is 12.8. The lowest BCUT2D eigenvalue weighted by molar-refractivity contribution is -0.142. The SMILES string of the molecule is COC(=O)COc1cc(OC)c(SCc2ccc(-c3ccc(Cl)c(CI)c3)cc2)cc1C. The van der Waals surface area contributed by atoms with Crippen molar-refractivity contribution in [2.75, 3.05) is 20.8 Å². The molecule has 0 amide bonds. The van der Waals surface area contributed by atoms with Crippen LogP contribution in [0.1, 0.15) is 16.7 Å². The summed E-state index contributed by atoms with van der Waals surface area (Å²) in [6.07, 6.45) is 0. The molecule has 0 heterocycles. The number of methoxy groups -OCH3 is 2. The van der Waals surface area contributed by atoms with Gasteiger partial charge in [0.15, 0.2) is 6.61 Å². The Hall–Kier alpha value is -1.90. The van der Waals surface area contributed by atoms with Gasteiger partial charge in [0.25, 0.3) is 0 Å². The van der Waals surface area contributed by atoms with E-state index in [0.29, 0.717) is 11.5 Å². The molecule has 3 aromatic carbocycles. The third kappa shape index (κ3) is 6.33. The van der Waals surface area contributed by atoms with Crippen molar-refractivity contribution in [1.29, 1.82) is 0 Å². The first-order chi connectivity index (χ1) is 15.4. The van der Waals surface area contributed by atoms with Gasteiger partial charge in [-0.2, -0.15) is 0 Å². The molecule has 0 unspecified atom stereocenters. The predicted molar refractivity (Wildman–Crippen MR) is 139 cm³/mol. The van der Waals surface area contributed by atoms with E-state index in [4.69, 9.17) is 21.1 Å². The van der Waals surface area contributed by atoms with E-state index >= 15 is 0 Å². The minimum absolute atomic E-state index is 0.133. The second-order valence-electron chi connectivity index (χ2n) is 7.06. The Balaban J connectivity index is 1.69. The minimum atomic E-state index is -0.422. The average Bonchev–Trinajstić information content (AvgIpc) is 2.82.